The third-order valence-electron chi connectivity index (χ3n) is 3.18. The van der Waals surface area contributed by atoms with Crippen LogP contribution in [0.15, 0.2) is 39.7 Å². The topological polar surface area (TPSA) is 93.6 Å². The van der Waals surface area contributed by atoms with Crippen molar-refractivity contribution in [1.29, 1.82) is 0 Å². The highest BCUT2D eigenvalue weighted by Gasteiger charge is 2.17. The lowest BCUT2D eigenvalue weighted by molar-refractivity contribution is 0.354. The Kier molecular flexibility index (Phi) is 3.85. The van der Waals surface area contributed by atoms with Crippen molar-refractivity contribution in [3.63, 3.8) is 0 Å². The van der Waals surface area contributed by atoms with Crippen molar-refractivity contribution in [2.24, 2.45) is 5.73 Å². The molecule has 7 heteroatoms. The number of rotatable bonds is 4. The molecule has 3 aromatic rings. The van der Waals surface area contributed by atoms with Crippen LogP contribution in [0.3, 0.4) is 0 Å². The average Bonchev–Trinajstić information content (AvgIpc) is 3.09. The van der Waals surface area contributed by atoms with Crippen molar-refractivity contribution in [2.75, 3.05) is 0 Å². The predicted octanol–water partition coefficient (Wildman–Crippen LogP) is 2.77. The van der Waals surface area contributed by atoms with Gasteiger partial charge in [-0.1, -0.05) is 21.1 Å². The van der Waals surface area contributed by atoms with E-state index in [1.807, 2.05) is 25.1 Å². The minimum absolute atomic E-state index is 0.359. The summed E-state index contributed by atoms with van der Waals surface area (Å²) in [4.78, 5) is 11.4. The van der Waals surface area contributed by atoms with Gasteiger partial charge in [-0.3, -0.25) is 0 Å². The van der Waals surface area contributed by atoms with E-state index in [9.17, 15) is 0 Å². The second kappa shape index (κ2) is 5.79. The van der Waals surface area contributed by atoms with Crippen molar-refractivity contribution in [3.8, 4) is 11.4 Å². The number of nitrogens with zero attached hydrogens (tertiary/aromatic N) is 3. The van der Waals surface area contributed by atoms with E-state index >= 15 is 0 Å². The van der Waals surface area contributed by atoms with Gasteiger partial charge < -0.3 is 15.2 Å². The number of benzene rings is 1. The quantitative estimate of drug-likeness (QED) is 0.756. The van der Waals surface area contributed by atoms with Crippen LogP contribution in [0.25, 0.3) is 11.4 Å². The number of hydrogen-bond acceptors (Lipinski definition) is 5. The molecule has 0 radical (unpaired) electrons. The molecular formula is C14H14BrN5O. The van der Waals surface area contributed by atoms with E-state index in [2.05, 4.69) is 36.0 Å². The second-order valence-corrected chi connectivity index (χ2v) is 5.72. The van der Waals surface area contributed by atoms with Gasteiger partial charge in [0.25, 0.3) is 0 Å². The molecule has 0 aliphatic carbocycles. The Balaban J connectivity index is 1.82. The van der Waals surface area contributed by atoms with Gasteiger partial charge in [0.15, 0.2) is 0 Å². The molecule has 0 unspecified atom stereocenters. The third kappa shape index (κ3) is 3.03. The summed E-state index contributed by atoms with van der Waals surface area (Å²) in [6, 6.07) is 5.55. The minimum atomic E-state index is -0.359. The first-order valence-electron chi connectivity index (χ1n) is 6.46. The normalized spacial score (nSPS) is 12.5. The van der Waals surface area contributed by atoms with Crippen LogP contribution in [0.1, 0.15) is 23.2 Å². The molecule has 21 heavy (non-hydrogen) atoms. The van der Waals surface area contributed by atoms with Crippen molar-refractivity contribution in [1.82, 2.24) is 20.1 Å². The molecule has 0 aliphatic heterocycles. The Morgan fingerprint density at radius 2 is 2.29 bits per heavy atom. The van der Waals surface area contributed by atoms with E-state index in [0.717, 1.165) is 21.3 Å². The number of H-pyrrole nitrogens is 1. The summed E-state index contributed by atoms with van der Waals surface area (Å²) in [5.41, 5.74) is 9.02. The fourth-order valence-electron chi connectivity index (χ4n) is 2.09. The smallest absolute Gasteiger partial charge is 0.244 e. The van der Waals surface area contributed by atoms with Crippen LogP contribution >= 0.6 is 15.9 Å². The SMILES string of the molecule is Cc1cc(Br)ccc1-c1noc([C@@H](N)Cc2cnc[nH]2)n1. The van der Waals surface area contributed by atoms with Crippen LogP contribution in [0, 0.1) is 6.92 Å². The van der Waals surface area contributed by atoms with Crippen molar-refractivity contribution in [3.05, 3.63) is 52.3 Å². The van der Waals surface area contributed by atoms with Crippen LogP contribution in [0.4, 0.5) is 0 Å². The molecule has 0 fully saturated rings. The maximum Gasteiger partial charge on any atom is 0.244 e. The van der Waals surface area contributed by atoms with Gasteiger partial charge in [0, 0.05) is 28.3 Å². The van der Waals surface area contributed by atoms with Gasteiger partial charge in [-0.15, -0.1) is 0 Å². The van der Waals surface area contributed by atoms with Crippen LogP contribution in [0.2, 0.25) is 0 Å². The largest absolute Gasteiger partial charge is 0.348 e. The maximum atomic E-state index is 6.09. The van der Waals surface area contributed by atoms with Crippen molar-refractivity contribution >= 4 is 15.9 Å². The molecule has 6 nitrogen and oxygen atoms in total. The molecule has 108 valence electrons. The van der Waals surface area contributed by atoms with Crippen LogP contribution in [-0.4, -0.2) is 20.1 Å². The fraction of sp³-hybridized carbons (Fsp3) is 0.214. The summed E-state index contributed by atoms with van der Waals surface area (Å²) in [6.45, 7) is 2.00. The Morgan fingerprint density at radius 3 is 3.00 bits per heavy atom. The van der Waals surface area contributed by atoms with Gasteiger partial charge in [0.05, 0.1) is 12.4 Å². The van der Waals surface area contributed by atoms with Crippen molar-refractivity contribution in [2.45, 2.75) is 19.4 Å². The highest BCUT2D eigenvalue weighted by Crippen LogP contribution is 2.25. The van der Waals surface area contributed by atoms with E-state index in [4.69, 9.17) is 10.3 Å². The Hall–Kier alpha value is -1.99. The van der Waals surface area contributed by atoms with Gasteiger partial charge in [-0.2, -0.15) is 4.98 Å². The van der Waals surface area contributed by atoms with E-state index in [0.29, 0.717) is 18.1 Å². The molecule has 2 aromatic heterocycles. The van der Waals surface area contributed by atoms with Gasteiger partial charge >= 0.3 is 0 Å². The lowest BCUT2D eigenvalue weighted by atomic mass is 10.1. The van der Waals surface area contributed by atoms with E-state index in [-0.39, 0.29) is 6.04 Å². The highest BCUT2D eigenvalue weighted by molar-refractivity contribution is 9.10. The monoisotopic (exact) mass is 347 g/mol. The number of aryl methyl sites for hydroxylation is 1. The summed E-state index contributed by atoms with van der Waals surface area (Å²) < 4.78 is 6.30. The number of imidazole rings is 1. The van der Waals surface area contributed by atoms with E-state index in [1.165, 1.54) is 0 Å². The van der Waals surface area contributed by atoms with E-state index < -0.39 is 0 Å². The lowest BCUT2D eigenvalue weighted by Gasteiger charge is -2.04. The molecule has 3 N–H and O–H groups in total. The molecule has 1 aromatic carbocycles. The summed E-state index contributed by atoms with van der Waals surface area (Å²) in [5, 5.41) is 4.02. The molecule has 0 bridgehead atoms. The molecule has 0 amide bonds. The average molecular weight is 348 g/mol. The van der Waals surface area contributed by atoms with Gasteiger partial charge in [-0.05, 0) is 30.7 Å². The zero-order valence-electron chi connectivity index (χ0n) is 11.4. The standard InChI is InChI=1S/C14H14BrN5O/c1-8-4-9(15)2-3-11(8)13-19-14(21-20-13)12(16)5-10-6-17-7-18-10/h2-4,6-7,12H,5,16H2,1H3,(H,17,18)/t12-/m0/s1. The third-order valence-corrected chi connectivity index (χ3v) is 3.68. The zero-order chi connectivity index (χ0) is 14.8. The molecule has 0 aliphatic rings. The predicted molar refractivity (Wildman–Crippen MR) is 81.4 cm³/mol. The van der Waals surface area contributed by atoms with Gasteiger partial charge in [-0.25, -0.2) is 4.98 Å². The number of nitrogens with two attached hydrogens (primary N) is 1. The molecule has 0 saturated carbocycles. The molecule has 0 spiro atoms. The lowest BCUT2D eigenvalue weighted by Crippen LogP contribution is -2.14. The molecule has 2 heterocycles. The fourth-order valence-corrected chi connectivity index (χ4v) is 2.57. The first-order chi connectivity index (χ1) is 10.1. The highest BCUT2D eigenvalue weighted by atomic mass is 79.9. The first-order valence-corrected chi connectivity index (χ1v) is 7.26. The molecule has 1 atom stereocenters. The molecular weight excluding hydrogens is 334 g/mol. The number of hydrogen-bond donors (Lipinski definition) is 2. The summed E-state index contributed by atoms with van der Waals surface area (Å²) in [5.74, 6) is 0.969. The summed E-state index contributed by atoms with van der Waals surface area (Å²) in [6.07, 6.45) is 3.92. The number of halogens is 1. The Labute approximate surface area is 129 Å². The van der Waals surface area contributed by atoms with E-state index in [1.54, 1.807) is 12.5 Å². The molecule has 3 rings (SSSR count). The van der Waals surface area contributed by atoms with Gasteiger partial charge in [0.1, 0.15) is 0 Å². The van der Waals surface area contributed by atoms with Crippen LogP contribution in [-0.2, 0) is 6.42 Å². The van der Waals surface area contributed by atoms with Crippen LogP contribution < -0.4 is 5.73 Å². The van der Waals surface area contributed by atoms with Crippen molar-refractivity contribution < 1.29 is 4.52 Å². The summed E-state index contributed by atoms with van der Waals surface area (Å²) >= 11 is 3.44. The maximum absolute atomic E-state index is 6.09. The first kappa shape index (κ1) is 14.0. The number of aromatic amines is 1. The summed E-state index contributed by atoms with van der Waals surface area (Å²) in [7, 11) is 0. The Bertz CT molecular complexity index is 738. The molecule has 0 saturated heterocycles. The Morgan fingerprint density at radius 1 is 1.43 bits per heavy atom. The second-order valence-electron chi connectivity index (χ2n) is 4.80. The number of aromatic nitrogens is 4. The van der Waals surface area contributed by atoms with Crippen LogP contribution in [0.5, 0.6) is 0 Å². The zero-order valence-corrected chi connectivity index (χ0v) is 13.0. The minimum Gasteiger partial charge on any atom is -0.348 e. The number of nitrogens with one attached hydrogen (secondary N) is 1. The van der Waals surface area contributed by atoms with Gasteiger partial charge in [0.2, 0.25) is 11.7 Å².